The van der Waals surface area contributed by atoms with Crippen LogP contribution in [0.2, 0.25) is 0 Å². The molecule has 0 fully saturated rings. The van der Waals surface area contributed by atoms with E-state index in [-0.39, 0.29) is 11.5 Å². The number of pyridine rings is 1. The van der Waals surface area contributed by atoms with Crippen molar-refractivity contribution in [2.45, 2.75) is 0 Å². The van der Waals surface area contributed by atoms with Crippen molar-refractivity contribution in [3.05, 3.63) is 3.70 Å². The molecule has 0 aliphatic carbocycles. The molecule has 0 aliphatic heterocycles. The maximum atomic E-state index is 5.52. The molecule has 6 heteroatoms. The van der Waals surface area contributed by atoms with Crippen molar-refractivity contribution in [3.8, 4) is 0 Å². The lowest BCUT2D eigenvalue weighted by Crippen LogP contribution is -2.08. The van der Waals surface area contributed by atoms with Crippen LogP contribution in [0.5, 0.6) is 0 Å². The summed E-state index contributed by atoms with van der Waals surface area (Å²) in [7, 11) is 0. The first-order valence-electron chi connectivity index (χ1n) is 2.79. The Morgan fingerprint density at radius 3 is 2.00 bits per heavy atom. The molecule has 1 aromatic heterocycles. The van der Waals surface area contributed by atoms with E-state index in [2.05, 4.69) is 4.98 Å². The van der Waals surface area contributed by atoms with Crippen LogP contribution >= 0.6 is 22.6 Å². The molecule has 1 rings (SSSR count). The minimum atomic E-state index is 0.223. The van der Waals surface area contributed by atoms with E-state index in [4.69, 9.17) is 22.9 Å². The molecule has 1 heterocycles. The Hall–Kier alpha value is -0.920. The summed E-state index contributed by atoms with van der Waals surface area (Å²) < 4.78 is 0.576. The van der Waals surface area contributed by atoms with Crippen LogP contribution in [0.25, 0.3) is 0 Å². The van der Waals surface area contributed by atoms with Crippen LogP contribution in [0.15, 0.2) is 0 Å². The summed E-state index contributed by atoms with van der Waals surface area (Å²) in [6.07, 6.45) is 0. The molecule has 0 saturated heterocycles. The van der Waals surface area contributed by atoms with Crippen LogP contribution in [-0.4, -0.2) is 4.98 Å². The van der Waals surface area contributed by atoms with Gasteiger partial charge in [-0.15, -0.1) is 0 Å². The maximum absolute atomic E-state index is 5.52. The Balaban J connectivity index is 3.46. The quantitative estimate of drug-likeness (QED) is 0.389. The topological polar surface area (TPSA) is 117 Å². The summed E-state index contributed by atoms with van der Waals surface area (Å²) in [6, 6.07) is 0. The van der Waals surface area contributed by atoms with Crippen molar-refractivity contribution in [2.24, 2.45) is 0 Å². The molecular weight excluding hydrogens is 257 g/mol. The standard InChI is InChI=1S/C5H8IN5/c6-4-2(8)1(7)3(9)5(10)11-4/h8-9H2,(H4,7,10,11). The molecule has 0 bridgehead atoms. The first-order chi connectivity index (χ1) is 5.04. The lowest BCUT2D eigenvalue weighted by Gasteiger charge is -2.07. The van der Waals surface area contributed by atoms with Crippen molar-refractivity contribution < 1.29 is 0 Å². The molecule has 60 valence electrons. The second-order valence-electron chi connectivity index (χ2n) is 2.03. The van der Waals surface area contributed by atoms with E-state index in [0.29, 0.717) is 15.1 Å². The Bertz CT molecular complexity index is 271. The molecule has 0 saturated carbocycles. The number of aromatic nitrogens is 1. The minimum Gasteiger partial charge on any atom is -0.395 e. The molecule has 11 heavy (non-hydrogen) atoms. The van der Waals surface area contributed by atoms with Gasteiger partial charge in [-0.1, -0.05) is 0 Å². The molecule has 0 aromatic carbocycles. The van der Waals surface area contributed by atoms with Crippen molar-refractivity contribution in [1.29, 1.82) is 0 Å². The molecule has 0 aliphatic rings. The number of nitrogens with zero attached hydrogens (tertiary/aromatic N) is 1. The predicted molar refractivity (Wildman–Crippen MR) is 54.6 cm³/mol. The van der Waals surface area contributed by atoms with Crippen molar-refractivity contribution in [2.75, 3.05) is 22.9 Å². The highest BCUT2D eigenvalue weighted by atomic mass is 127. The SMILES string of the molecule is Nc1nc(I)c(N)c(N)c1N. The van der Waals surface area contributed by atoms with E-state index < -0.39 is 0 Å². The first-order valence-corrected chi connectivity index (χ1v) is 3.87. The van der Waals surface area contributed by atoms with Gasteiger partial charge in [-0.3, -0.25) is 0 Å². The third kappa shape index (κ3) is 1.25. The number of hydrogen-bond acceptors (Lipinski definition) is 5. The average molecular weight is 265 g/mol. The predicted octanol–water partition coefficient (Wildman–Crippen LogP) is 0.0150. The largest absolute Gasteiger partial charge is 0.395 e. The number of nitrogens with two attached hydrogens (primary N) is 4. The lowest BCUT2D eigenvalue weighted by molar-refractivity contribution is 1.29. The fourth-order valence-corrected chi connectivity index (χ4v) is 1.17. The summed E-state index contributed by atoms with van der Waals surface area (Å²) in [5, 5.41) is 0. The van der Waals surface area contributed by atoms with Crippen molar-refractivity contribution in [1.82, 2.24) is 4.98 Å². The summed E-state index contributed by atoms with van der Waals surface area (Å²) in [5.74, 6) is 0.223. The number of halogens is 1. The van der Waals surface area contributed by atoms with Crippen LogP contribution in [-0.2, 0) is 0 Å². The lowest BCUT2D eigenvalue weighted by atomic mass is 10.3. The van der Waals surface area contributed by atoms with Gasteiger partial charge in [-0.05, 0) is 22.6 Å². The summed E-state index contributed by atoms with van der Waals surface area (Å²) in [5.41, 5.74) is 22.8. The van der Waals surface area contributed by atoms with Crippen molar-refractivity contribution in [3.63, 3.8) is 0 Å². The zero-order valence-corrected chi connectivity index (χ0v) is 7.79. The van der Waals surface area contributed by atoms with Gasteiger partial charge in [0.25, 0.3) is 0 Å². The van der Waals surface area contributed by atoms with Gasteiger partial charge < -0.3 is 22.9 Å². The monoisotopic (exact) mass is 265 g/mol. The van der Waals surface area contributed by atoms with Gasteiger partial charge in [-0.2, -0.15) is 0 Å². The highest BCUT2D eigenvalue weighted by Gasteiger charge is 2.08. The maximum Gasteiger partial charge on any atom is 0.150 e. The van der Waals surface area contributed by atoms with Gasteiger partial charge in [0.05, 0.1) is 17.1 Å². The highest BCUT2D eigenvalue weighted by Crippen LogP contribution is 2.29. The average Bonchev–Trinajstić information content (AvgIpc) is 1.97. The minimum absolute atomic E-state index is 0.223. The number of rotatable bonds is 0. The number of anilines is 4. The molecule has 5 nitrogen and oxygen atoms in total. The Morgan fingerprint density at radius 2 is 1.45 bits per heavy atom. The van der Waals surface area contributed by atoms with Gasteiger partial charge >= 0.3 is 0 Å². The molecule has 8 N–H and O–H groups in total. The van der Waals surface area contributed by atoms with E-state index in [9.17, 15) is 0 Å². The van der Waals surface area contributed by atoms with Crippen molar-refractivity contribution >= 4 is 45.5 Å². The molecule has 0 atom stereocenters. The smallest absolute Gasteiger partial charge is 0.150 e. The van der Waals surface area contributed by atoms with Crippen LogP contribution in [0.3, 0.4) is 0 Å². The highest BCUT2D eigenvalue weighted by molar-refractivity contribution is 14.1. The first kappa shape index (κ1) is 8.18. The third-order valence-corrected chi connectivity index (χ3v) is 2.12. The van der Waals surface area contributed by atoms with E-state index in [0.717, 1.165) is 0 Å². The van der Waals surface area contributed by atoms with Crippen LogP contribution in [0, 0.1) is 3.70 Å². The molecule has 0 amide bonds. The third-order valence-electron chi connectivity index (χ3n) is 1.30. The zero-order valence-electron chi connectivity index (χ0n) is 5.63. The second-order valence-corrected chi connectivity index (χ2v) is 3.05. The van der Waals surface area contributed by atoms with Gasteiger partial charge in [-0.25, -0.2) is 4.98 Å². The van der Waals surface area contributed by atoms with E-state index in [1.807, 2.05) is 22.6 Å². The van der Waals surface area contributed by atoms with Crippen LogP contribution < -0.4 is 22.9 Å². The van der Waals surface area contributed by atoms with Gasteiger partial charge in [0.1, 0.15) is 9.52 Å². The second kappa shape index (κ2) is 2.61. The van der Waals surface area contributed by atoms with Crippen LogP contribution in [0.1, 0.15) is 0 Å². The normalized spacial score (nSPS) is 9.91. The van der Waals surface area contributed by atoms with Gasteiger partial charge in [0.2, 0.25) is 0 Å². The van der Waals surface area contributed by atoms with E-state index in [1.54, 1.807) is 0 Å². The Morgan fingerprint density at radius 1 is 0.909 bits per heavy atom. The molecule has 0 spiro atoms. The fourth-order valence-electron chi connectivity index (χ4n) is 0.620. The van der Waals surface area contributed by atoms with Crippen LogP contribution in [0.4, 0.5) is 22.9 Å². The summed E-state index contributed by atoms with van der Waals surface area (Å²) in [6.45, 7) is 0. The van der Waals surface area contributed by atoms with E-state index in [1.165, 1.54) is 0 Å². The Kier molecular flexibility index (Phi) is 1.94. The van der Waals surface area contributed by atoms with Gasteiger partial charge in [0, 0.05) is 0 Å². The molecular formula is C5H8IN5. The molecule has 1 aromatic rings. The summed E-state index contributed by atoms with van der Waals surface area (Å²) in [4.78, 5) is 3.87. The number of nitrogen functional groups attached to an aromatic ring is 4. The molecule has 0 unspecified atom stereocenters. The Labute approximate surface area is 77.3 Å². The summed E-state index contributed by atoms with van der Waals surface area (Å²) >= 11 is 1.94. The fraction of sp³-hybridized carbons (Fsp3) is 0. The zero-order chi connectivity index (χ0) is 8.59. The van der Waals surface area contributed by atoms with Gasteiger partial charge in [0.15, 0.2) is 0 Å². The van der Waals surface area contributed by atoms with E-state index >= 15 is 0 Å². The number of hydrogen-bond donors (Lipinski definition) is 4. The molecule has 0 radical (unpaired) electrons.